The summed E-state index contributed by atoms with van der Waals surface area (Å²) in [4.78, 5) is 28.3. The molecule has 0 fully saturated rings. The van der Waals surface area contributed by atoms with Crippen LogP contribution in [-0.2, 0) is 0 Å². The lowest BCUT2D eigenvalue weighted by Gasteiger charge is -2.08. The Hall–Kier alpha value is -2.20. The smallest absolute Gasteiger partial charge is 0.265 e. The Kier molecular flexibility index (Phi) is 3.26. The summed E-state index contributed by atoms with van der Waals surface area (Å²) < 4.78 is 1.36. The van der Waals surface area contributed by atoms with Gasteiger partial charge in [0.05, 0.1) is 16.5 Å². The van der Waals surface area contributed by atoms with Crippen LogP contribution in [0.25, 0.3) is 16.6 Å². The summed E-state index contributed by atoms with van der Waals surface area (Å²) in [6.07, 6.45) is 1.43. The van der Waals surface area contributed by atoms with Crippen LogP contribution in [0.1, 0.15) is 35.7 Å². The van der Waals surface area contributed by atoms with Crippen molar-refractivity contribution in [2.75, 3.05) is 0 Å². The molecule has 0 aliphatic rings. The number of halogens is 1. The van der Waals surface area contributed by atoms with Crippen LogP contribution in [-0.4, -0.2) is 14.6 Å². The van der Waals surface area contributed by atoms with Crippen molar-refractivity contribution < 1.29 is 4.79 Å². The van der Waals surface area contributed by atoms with Crippen molar-refractivity contribution in [3.05, 3.63) is 58.0 Å². The van der Waals surface area contributed by atoms with Crippen LogP contribution in [0.2, 0.25) is 0 Å². The predicted molar refractivity (Wildman–Crippen MR) is 83.2 cm³/mol. The zero-order chi connectivity index (χ0) is 15.1. The van der Waals surface area contributed by atoms with Gasteiger partial charge in [-0.1, -0.05) is 19.9 Å². The standard InChI is InChI=1S/C16H13ClN2O2/c1-9(2)10-3-5-13-12(7-10)16(21)19-8-11(15(17)20)4-6-14(19)18-13/h3-9H,1-2H3. The minimum Gasteiger partial charge on any atom is -0.276 e. The number of benzene rings is 1. The summed E-state index contributed by atoms with van der Waals surface area (Å²) >= 11 is 5.47. The van der Waals surface area contributed by atoms with Crippen molar-refractivity contribution >= 4 is 33.4 Å². The molecule has 0 spiro atoms. The third-order valence-corrected chi connectivity index (χ3v) is 3.74. The quantitative estimate of drug-likeness (QED) is 0.539. The van der Waals surface area contributed by atoms with E-state index in [0.717, 1.165) is 5.56 Å². The van der Waals surface area contributed by atoms with E-state index in [1.807, 2.05) is 18.2 Å². The molecule has 0 N–H and O–H groups in total. The maximum Gasteiger partial charge on any atom is 0.265 e. The van der Waals surface area contributed by atoms with E-state index in [-0.39, 0.29) is 11.1 Å². The lowest BCUT2D eigenvalue weighted by Crippen LogP contribution is -2.16. The van der Waals surface area contributed by atoms with E-state index in [1.54, 1.807) is 12.1 Å². The van der Waals surface area contributed by atoms with Gasteiger partial charge in [0, 0.05) is 6.20 Å². The lowest BCUT2D eigenvalue weighted by atomic mass is 10.0. The highest BCUT2D eigenvalue weighted by atomic mass is 35.5. The molecular weight excluding hydrogens is 288 g/mol. The molecule has 0 bridgehead atoms. The molecule has 0 unspecified atom stereocenters. The molecule has 5 heteroatoms. The monoisotopic (exact) mass is 300 g/mol. The summed E-state index contributed by atoms with van der Waals surface area (Å²) in [5, 5.41) is -0.0577. The fraction of sp³-hybridized carbons (Fsp3) is 0.188. The molecule has 0 aliphatic heterocycles. The zero-order valence-corrected chi connectivity index (χ0v) is 12.4. The number of hydrogen-bond acceptors (Lipinski definition) is 3. The molecule has 3 rings (SSSR count). The third kappa shape index (κ3) is 2.32. The van der Waals surface area contributed by atoms with E-state index >= 15 is 0 Å². The van der Waals surface area contributed by atoms with Gasteiger partial charge in [-0.25, -0.2) is 4.98 Å². The van der Waals surface area contributed by atoms with E-state index in [0.29, 0.717) is 22.5 Å². The minimum atomic E-state index is -0.597. The highest BCUT2D eigenvalue weighted by Crippen LogP contribution is 2.19. The molecule has 2 heterocycles. The first-order valence-electron chi connectivity index (χ1n) is 6.63. The summed E-state index contributed by atoms with van der Waals surface area (Å²) in [7, 11) is 0. The second-order valence-electron chi connectivity index (χ2n) is 5.27. The fourth-order valence-corrected chi connectivity index (χ4v) is 2.41. The Morgan fingerprint density at radius 3 is 2.67 bits per heavy atom. The number of fused-ring (bicyclic) bond motifs is 2. The molecule has 21 heavy (non-hydrogen) atoms. The van der Waals surface area contributed by atoms with Crippen molar-refractivity contribution in [3.63, 3.8) is 0 Å². The first-order valence-corrected chi connectivity index (χ1v) is 7.01. The molecule has 2 aromatic heterocycles. The number of hydrogen-bond donors (Lipinski definition) is 0. The Morgan fingerprint density at radius 2 is 2.00 bits per heavy atom. The van der Waals surface area contributed by atoms with Crippen LogP contribution in [0.3, 0.4) is 0 Å². The van der Waals surface area contributed by atoms with Crippen LogP contribution < -0.4 is 5.56 Å². The number of carbonyl (C=O) groups excluding carboxylic acids is 1. The molecule has 3 aromatic rings. The maximum absolute atomic E-state index is 12.6. The molecule has 1 aromatic carbocycles. The first-order chi connectivity index (χ1) is 9.97. The van der Waals surface area contributed by atoms with Gasteiger partial charge in [-0.3, -0.25) is 14.0 Å². The lowest BCUT2D eigenvalue weighted by molar-refractivity contribution is 0.108. The van der Waals surface area contributed by atoms with Gasteiger partial charge in [0.2, 0.25) is 0 Å². The Balaban J connectivity index is 2.39. The van der Waals surface area contributed by atoms with E-state index in [9.17, 15) is 9.59 Å². The maximum atomic E-state index is 12.6. The van der Waals surface area contributed by atoms with Crippen molar-refractivity contribution in [3.8, 4) is 0 Å². The van der Waals surface area contributed by atoms with E-state index in [2.05, 4.69) is 18.8 Å². The van der Waals surface area contributed by atoms with Gasteiger partial charge in [-0.2, -0.15) is 0 Å². The van der Waals surface area contributed by atoms with Gasteiger partial charge in [0.1, 0.15) is 5.65 Å². The van der Waals surface area contributed by atoms with Gasteiger partial charge >= 0.3 is 0 Å². The molecule has 0 saturated heterocycles. The number of aromatic nitrogens is 2. The normalized spacial score (nSPS) is 11.4. The van der Waals surface area contributed by atoms with Crippen molar-refractivity contribution in [1.82, 2.24) is 9.38 Å². The predicted octanol–water partition coefficient (Wildman–Crippen LogP) is 3.35. The number of rotatable bonds is 2. The van der Waals surface area contributed by atoms with Crippen molar-refractivity contribution in [2.24, 2.45) is 0 Å². The highest BCUT2D eigenvalue weighted by Gasteiger charge is 2.10. The zero-order valence-electron chi connectivity index (χ0n) is 11.6. The number of pyridine rings is 1. The first kappa shape index (κ1) is 13.8. The van der Waals surface area contributed by atoms with Crippen molar-refractivity contribution in [2.45, 2.75) is 19.8 Å². The third-order valence-electron chi connectivity index (χ3n) is 3.53. The van der Waals surface area contributed by atoms with E-state index < -0.39 is 5.24 Å². The molecule has 4 nitrogen and oxygen atoms in total. The van der Waals surface area contributed by atoms with Gasteiger partial charge in [-0.05, 0) is 47.3 Å². The molecular formula is C16H13ClN2O2. The summed E-state index contributed by atoms with van der Waals surface area (Å²) in [5.41, 5.74) is 2.29. The van der Waals surface area contributed by atoms with Gasteiger partial charge in [0.15, 0.2) is 0 Å². The van der Waals surface area contributed by atoms with Crippen LogP contribution >= 0.6 is 11.6 Å². The van der Waals surface area contributed by atoms with Crippen LogP contribution in [0.4, 0.5) is 0 Å². The number of nitrogens with zero attached hydrogens (tertiary/aromatic N) is 2. The number of carbonyl (C=O) groups is 1. The molecule has 0 radical (unpaired) electrons. The molecule has 0 atom stereocenters. The second kappa shape index (κ2) is 4.97. The summed E-state index contributed by atoms with van der Waals surface area (Å²) in [6.45, 7) is 4.13. The Bertz CT molecular complexity index is 929. The average Bonchev–Trinajstić information content (AvgIpc) is 2.46. The summed E-state index contributed by atoms with van der Waals surface area (Å²) in [5.74, 6) is 0.324. The van der Waals surface area contributed by atoms with Crippen LogP contribution in [0.15, 0.2) is 41.3 Å². The highest BCUT2D eigenvalue weighted by molar-refractivity contribution is 6.67. The molecule has 0 aliphatic carbocycles. The average molecular weight is 301 g/mol. The SMILES string of the molecule is CC(C)c1ccc2nc3ccc(C(=O)Cl)cn3c(=O)c2c1. The van der Waals surface area contributed by atoms with E-state index in [1.165, 1.54) is 10.6 Å². The van der Waals surface area contributed by atoms with Gasteiger partial charge in [0.25, 0.3) is 10.8 Å². The van der Waals surface area contributed by atoms with E-state index in [4.69, 9.17) is 11.6 Å². The minimum absolute atomic E-state index is 0.197. The van der Waals surface area contributed by atoms with Gasteiger partial charge in [-0.15, -0.1) is 0 Å². The van der Waals surface area contributed by atoms with Crippen LogP contribution in [0.5, 0.6) is 0 Å². The topological polar surface area (TPSA) is 51.4 Å². The molecule has 0 saturated carbocycles. The fourth-order valence-electron chi connectivity index (χ4n) is 2.30. The molecule has 0 amide bonds. The second-order valence-corrected chi connectivity index (χ2v) is 5.61. The summed E-state index contributed by atoms with van der Waals surface area (Å²) in [6, 6.07) is 8.87. The van der Waals surface area contributed by atoms with Crippen LogP contribution in [0, 0.1) is 0 Å². The van der Waals surface area contributed by atoms with Crippen molar-refractivity contribution in [1.29, 1.82) is 0 Å². The largest absolute Gasteiger partial charge is 0.276 e. The Labute approximate surface area is 126 Å². The molecule has 106 valence electrons. The van der Waals surface area contributed by atoms with Gasteiger partial charge < -0.3 is 0 Å². The Morgan fingerprint density at radius 1 is 1.24 bits per heavy atom.